The van der Waals surface area contributed by atoms with Crippen molar-refractivity contribution in [1.82, 2.24) is 20.3 Å². The largest absolute Gasteiger partial charge is 0.360 e. The van der Waals surface area contributed by atoms with Gasteiger partial charge in [-0.1, -0.05) is 31.1 Å². The molecule has 0 saturated carbocycles. The summed E-state index contributed by atoms with van der Waals surface area (Å²) in [6.07, 6.45) is 1.51. The molecule has 2 aromatic heterocycles. The number of aromatic amines is 1. The lowest BCUT2D eigenvalue weighted by molar-refractivity contribution is 0.0790. The van der Waals surface area contributed by atoms with E-state index in [9.17, 15) is 9.18 Å². The third-order valence-corrected chi connectivity index (χ3v) is 4.66. The minimum absolute atomic E-state index is 0.0764. The monoisotopic (exact) mass is 384 g/mol. The minimum atomic E-state index is -0.285. The van der Waals surface area contributed by atoms with Crippen LogP contribution in [0.2, 0.25) is 0 Å². The summed E-state index contributed by atoms with van der Waals surface area (Å²) in [6, 6.07) is 8.27. The van der Waals surface area contributed by atoms with Gasteiger partial charge in [-0.05, 0) is 38.0 Å². The Balaban J connectivity index is 1.58. The van der Waals surface area contributed by atoms with Gasteiger partial charge in [0.05, 0.1) is 11.4 Å². The van der Waals surface area contributed by atoms with Crippen LogP contribution in [0.15, 0.2) is 34.9 Å². The van der Waals surface area contributed by atoms with E-state index >= 15 is 0 Å². The highest BCUT2D eigenvalue weighted by atomic mass is 19.1. The lowest BCUT2D eigenvalue weighted by Gasteiger charge is -2.17. The van der Waals surface area contributed by atoms with Gasteiger partial charge >= 0.3 is 0 Å². The van der Waals surface area contributed by atoms with Gasteiger partial charge < -0.3 is 9.42 Å². The standard InChI is InChI=1S/C21H25FN4O2/c1-13(2)20-19(14(3)25-28-20)21(27)26(4)10-6-9-17-12-18(24-23-17)15-7-5-8-16(22)11-15/h5,7-8,11-13H,6,9-10H2,1-4H3,(H,23,24). The van der Waals surface area contributed by atoms with Crippen molar-refractivity contribution in [3.05, 3.63) is 58.9 Å². The maximum Gasteiger partial charge on any atom is 0.259 e. The van der Waals surface area contributed by atoms with E-state index in [1.807, 2.05) is 26.0 Å². The Morgan fingerprint density at radius 3 is 2.82 bits per heavy atom. The van der Waals surface area contributed by atoms with Gasteiger partial charge in [-0.2, -0.15) is 5.10 Å². The molecule has 0 aliphatic carbocycles. The number of benzene rings is 1. The number of aryl methyl sites for hydroxylation is 2. The normalized spacial score (nSPS) is 11.2. The van der Waals surface area contributed by atoms with Gasteiger partial charge in [0, 0.05) is 30.8 Å². The van der Waals surface area contributed by atoms with Gasteiger partial charge in [0.2, 0.25) is 0 Å². The van der Waals surface area contributed by atoms with Crippen LogP contribution in [0, 0.1) is 12.7 Å². The second kappa shape index (κ2) is 8.37. The van der Waals surface area contributed by atoms with E-state index in [4.69, 9.17) is 4.52 Å². The lowest BCUT2D eigenvalue weighted by atomic mass is 10.0. The first kappa shape index (κ1) is 19.8. The Labute approximate surface area is 163 Å². The van der Waals surface area contributed by atoms with Crippen molar-refractivity contribution < 1.29 is 13.7 Å². The topological polar surface area (TPSA) is 75.0 Å². The summed E-state index contributed by atoms with van der Waals surface area (Å²) in [7, 11) is 1.78. The van der Waals surface area contributed by atoms with E-state index in [2.05, 4.69) is 15.4 Å². The first-order valence-corrected chi connectivity index (χ1v) is 9.38. The highest BCUT2D eigenvalue weighted by Crippen LogP contribution is 2.24. The summed E-state index contributed by atoms with van der Waals surface area (Å²) in [6.45, 7) is 6.33. The average Bonchev–Trinajstić information content (AvgIpc) is 3.28. The van der Waals surface area contributed by atoms with E-state index < -0.39 is 0 Å². The van der Waals surface area contributed by atoms with Crippen LogP contribution in [-0.4, -0.2) is 39.8 Å². The summed E-state index contributed by atoms with van der Waals surface area (Å²) in [5.74, 6) is 0.363. The average molecular weight is 384 g/mol. The summed E-state index contributed by atoms with van der Waals surface area (Å²) < 4.78 is 18.7. The van der Waals surface area contributed by atoms with Crippen LogP contribution in [-0.2, 0) is 6.42 Å². The molecule has 0 fully saturated rings. The number of halogens is 1. The van der Waals surface area contributed by atoms with Gasteiger partial charge in [0.15, 0.2) is 5.76 Å². The number of aromatic nitrogens is 3. The molecule has 28 heavy (non-hydrogen) atoms. The highest BCUT2D eigenvalue weighted by Gasteiger charge is 2.24. The fraction of sp³-hybridized carbons (Fsp3) is 0.381. The Morgan fingerprint density at radius 1 is 1.32 bits per heavy atom. The Morgan fingerprint density at radius 2 is 2.11 bits per heavy atom. The molecule has 0 atom stereocenters. The molecule has 6 nitrogen and oxygen atoms in total. The van der Waals surface area contributed by atoms with E-state index in [1.54, 1.807) is 24.9 Å². The molecule has 3 aromatic rings. The van der Waals surface area contributed by atoms with Crippen molar-refractivity contribution in [3.63, 3.8) is 0 Å². The van der Waals surface area contributed by atoms with Crippen molar-refractivity contribution in [2.24, 2.45) is 0 Å². The van der Waals surface area contributed by atoms with Crippen molar-refractivity contribution in [1.29, 1.82) is 0 Å². The summed E-state index contributed by atoms with van der Waals surface area (Å²) in [5, 5.41) is 11.2. The molecule has 1 aromatic carbocycles. The molecule has 1 N–H and O–H groups in total. The molecular weight excluding hydrogens is 359 g/mol. The predicted octanol–water partition coefficient (Wildman–Crippen LogP) is 4.34. The van der Waals surface area contributed by atoms with Crippen molar-refractivity contribution in [3.8, 4) is 11.3 Å². The maximum atomic E-state index is 13.4. The van der Waals surface area contributed by atoms with Gasteiger partial charge in [0.1, 0.15) is 11.4 Å². The van der Waals surface area contributed by atoms with Crippen LogP contribution >= 0.6 is 0 Å². The number of H-pyrrole nitrogens is 1. The number of carbonyl (C=O) groups is 1. The molecule has 0 aliphatic heterocycles. The number of nitrogens with one attached hydrogen (secondary N) is 1. The van der Waals surface area contributed by atoms with Gasteiger partial charge in [-0.25, -0.2) is 4.39 Å². The zero-order chi connectivity index (χ0) is 20.3. The second-order valence-corrected chi connectivity index (χ2v) is 7.28. The molecular formula is C21H25FN4O2. The van der Waals surface area contributed by atoms with Gasteiger partial charge in [0.25, 0.3) is 5.91 Å². The number of hydrogen-bond donors (Lipinski definition) is 1. The molecule has 3 rings (SSSR count). The fourth-order valence-electron chi connectivity index (χ4n) is 3.13. The van der Waals surface area contributed by atoms with Crippen molar-refractivity contribution >= 4 is 5.91 Å². The molecule has 0 bridgehead atoms. The first-order chi connectivity index (χ1) is 13.4. The molecule has 0 spiro atoms. The van der Waals surface area contributed by atoms with Crippen molar-refractivity contribution in [2.75, 3.05) is 13.6 Å². The molecule has 1 amide bonds. The molecule has 0 aliphatic rings. The predicted molar refractivity (Wildman–Crippen MR) is 105 cm³/mol. The quantitative estimate of drug-likeness (QED) is 0.657. The molecule has 7 heteroatoms. The third-order valence-electron chi connectivity index (χ3n) is 4.66. The number of carbonyl (C=O) groups excluding carboxylic acids is 1. The summed E-state index contributed by atoms with van der Waals surface area (Å²) in [5.41, 5.74) is 3.57. The van der Waals surface area contributed by atoms with Crippen LogP contribution < -0.4 is 0 Å². The zero-order valence-electron chi connectivity index (χ0n) is 16.6. The number of rotatable bonds is 7. The number of hydrogen-bond acceptors (Lipinski definition) is 4. The molecule has 2 heterocycles. The summed E-state index contributed by atoms with van der Waals surface area (Å²) >= 11 is 0. The Bertz CT molecular complexity index is 961. The molecule has 0 radical (unpaired) electrons. The third kappa shape index (κ3) is 4.30. The summed E-state index contributed by atoms with van der Waals surface area (Å²) in [4.78, 5) is 14.5. The second-order valence-electron chi connectivity index (χ2n) is 7.28. The van der Waals surface area contributed by atoms with E-state index in [0.717, 1.165) is 24.1 Å². The van der Waals surface area contributed by atoms with Crippen molar-refractivity contribution in [2.45, 2.75) is 39.5 Å². The first-order valence-electron chi connectivity index (χ1n) is 9.38. The van der Waals surface area contributed by atoms with E-state index in [0.29, 0.717) is 29.3 Å². The number of nitrogens with zero attached hydrogens (tertiary/aromatic N) is 3. The minimum Gasteiger partial charge on any atom is -0.360 e. The smallest absolute Gasteiger partial charge is 0.259 e. The Hall–Kier alpha value is -2.96. The van der Waals surface area contributed by atoms with Gasteiger partial charge in [-0.15, -0.1) is 0 Å². The lowest BCUT2D eigenvalue weighted by Crippen LogP contribution is -2.29. The van der Waals surface area contributed by atoms with E-state index in [-0.39, 0.29) is 17.6 Å². The molecule has 0 unspecified atom stereocenters. The molecule has 148 valence electrons. The Kier molecular flexibility index (Phi) is 5.92. The maximum absolute atomic E-state index is 13.4. The number of amides is 1. The fourth-order valence-corrected chi connectivity index (χ4v) is 3.13. The SMILES string of the molecule is Cc1noc(C(C)C)c1C(=O)N(C)CCCc1cc(-c2cccc(F)c2)n[nH]1. The van der Waals surface area contributed by atoms with E-state index in [1.165, 1.54) is 12.1 Å². The van der Waals surface area contributed by atoms with Crippen LogP contribution in [0.4, 0.5) is 4.39 Å². The van der Waals surface area contributed by atoms with Crippen LogP contribution in [0.1, 0.15) is 53.7 Å². The van der Waals surface area contributed by atoms with Crippen LogP contribution in [0.25, 0.3) is 11.3 Å². The highest BCUT2D eigenvalue weighted by molar-refractivity contribution is 5.96. The van der Waals surface area contributed by atoms with Gasteiger partial charge in [-0.3, -0.25) is 9.89 Å². The van der Waals surface area contributed by atoms with Crippen LogP contribution in [0.3, 0.4) is 0 Å². The van der Waals surface area contributed by atoms with Crippen LogP contribution in [0.5, 0.6) is 0 Å². The zero-order valence-corrected chi connectivity index (χ0v) is 16.6. The molecule has 0 saturated heterocycles.